The van der Waals surface area contributed by atoms with Crippen molar-refractivity contribution in [2.75, 3.05) is 32.8 Å². The Morgan fingerprint density at radius 3 is 2.00 bits per heavy atom. The van der Waals surface area contributed by atoms with E-state index in [0.717, 1.165) is 38.9 Å². The number of hydrogen-bond donors (Lipinski definition) is 0. The van der Waals surface area contributed by atoms with E-state index in [1.54, 1.807) is 6.92 Å². The number of carbonyl (C=O) groups is 2. The number of esters is 2. The van der Waals surface area contributed by atoms with Crippen LogP contribution in [0.5, 0.6) is 0 Å². The first-order chi connectivity index (χ1) is 9.63. The van der Waals surface area contributed by atoms with E-state index in [-0.39, 0.29) is 24.8 Å². The second-order valence-electron chi connectivity index (χ2n) is 4.61. The average molecular weight is 287 g/mol. The number of unbranched alkanes of at least 4 members (excludes halogenated alkanes) is 2. The van der Waals surface area contributed by atoms with Crippen LogP contribution < -0.4 is 0 Å². The summed E-state index contributed by atoms with van der Waals surface area (Å²) < 4.78 is 9.81. The van der Waals surface area contributed by atoms with Gasteiger partial charge in [-0.05, 0) is 45.8 Å². The monoisotopic (exact) mass is 287 g/mol. The highest BCUT2D eigenvalue weighted by atomic mass is 16.5. The number of hydrogen-bond acceptors (Lipinski definition) is 5. The Morgan fingerprint density at radius 2 is 1.45 bits per heavy atom. The molecule has 0 fully saturated rings. The predicted octanol–water partition coefficient (Wildman–Crippen LogP) is 2.38. The smallest absolute Gasteiger partial charge is 0.306 e. The zero-order chi connectivity index (χ0) is 15.2. The van der Waals surface area contributed by atoms with E-state index < -0.39 is 0 Å². The molecule has 0 radical (unpaired) electrons. The molecule has 0 aliphatic rings. The molecule has 5 heteroatoms. The second kappa shape index (κ2) is 12.9. The molecule has 0 heterocycles. The largest absolute Gasteiger partial charge is 0.466 e. The Labute approximate surface area is 122 Å². The van der Waals surface area contributed by atoms with Crippen molar-refractivity contribution in [2.45, 2.75) is 52.9 Å². The van der Waals surface area contributed by atoms with Gasteiger partial charge in [0.15, 0.2) is 0 Å². The maximum atomic E-state index is 11.3. The Hall–Kier alpha value is -1.10. The van der Waals surface area contributed by atoms with Gasteiger partial charge in [-0.15, -0.1) is 0 Å². The second-order valence-corrected chi connectivity index (χ2v) is 4.61. The highest BCUT2D eigenvalue weighted by Gasteiger charge is 2.08. The third-order valence-corrected chi connectivity index (χ3v) is 3.11. The lowest BCUT2D eigenvalue weighted by atomic mass is 10.2. The molecular formula is C15H29NO4. The summed E-state index contributed by atoms with van der Waals surface area (Å²) in [4.78, 5) is 24.8. The molecule has 0 aromatic heterocycles. The average Bonchev–Trinajstić information content (AvgIpc) is 2.45. The maximum Gasteiger partial charge on any atom is 0.306 e. The van der Waals surface area contributed by atoms with E-state index in [4.69, 9.17) is 9.47 Å². The third-order valence-electron chi connectivity index (χ3n) is 3.11. The fourth-order valence-electron chi connectivity index (χ4n) is 1.85. The van der Waals surface area contributed by atoms with Crippen molar-refractivity contribution >= 4 is 11.9 Å². The van der Waals surface area contributed by atoms with Crippen molar-refractivity contribution in [2.24, 2.45) is 0 Å². The molecule has 0 aliphatic carbocycles. The van der Waals surface area contributed by atoms with Gasteiger partial charge in [0.1, 0.15) is 0 Å². The number of rotatable bonds is 12. The summed E-state index contributed by atoms with van der Waals surface area (Å²) in [5, 5.41) is 0. The molecule has 0 spiro atoms. The Bertz CT molecular complexity index is 265. The van der Waals surface area contributed by atoms with Crippen LogP contribution in [0.1, 0.15) is 52.9 Å². The van der Waals surface area contributed by atoms with Gasteiger partial charge in [-0.2, -0.15) is 0 Å². The Kier molecular flexibility index (Phi) is 12.2. The van der Waals surface area contributed by atoms with Gasteiger partial charge in [0, 0.05) is 0 Å². The molecule has 0 bridgehead atoms. The molecule has 0 unspecified atom stereocenters. The quantitative estimate of drug-likeness (QED) is 0.407. The molecule has 118 valence electrons. The predicted molar refractivity (Wildman–Crippen MR) is 78.5 cm³/mol. The third kappa shape index (κ3) is 10.8. The molecule has 0 saturated carbocycles. The van der Waals surface area contributed by atoms with Gasteiger partial charge in [-0.25, -0.2) is 0 Å². The molecule has 0 saturated heterocycles. The van der Waals surface area contributed by atoms with E-state index in [1.807, 2.05) is 0 Å². The molecule has 0 N–H and O–H groups in total. The van der Waals surface area contributed by atoms with Crippen LogP contribution in [0.15, 0.2) is 0 Å². The molecule has 0 atom stereocenters. The summed E-state index contributed by atoms with van der Waals surface area (Å²) >= 11 is 0. The van der Waals surface area contributed by atoms with E-state index in [2.05, 4.69) is 18.7 Å². The maximum absolute atomic E-state index is 11.3. The number of nitrogens with zero attached hydrogens (tertiary/aromatic N) is 1. The number of ether oxygens (including phenoxy) is 2. The van der Waals surface area contributed by atoms with Crippen LogP contribution in [-0.4, -0.2) is 49.7 Å². The van der Waals surface area contributed by atoms with E-state index >= 15 is 0 Å². The summed E-state index contributed by atoms with van der Waals surface area (Å²) in [6.45, 7) is 10.1. The van der Waals surface area contributed by atoms with E-state index in [1.165, 1.54) is 0 Å². The minimum Gasteiger partial charge on any atom is -0.466 e. The topological polar surface area (TPSA) is 55.8 Å². The fraction of sp³-hybridized carbons (Fsp3) is 0.867. The van der Waals surface area contributed by atoms with Gasteiger partial charge in [-0.3, -0.25) is 9.59 Å². The highest BCUT2D eigenvalue weighted by Crippen LogP contribution is 2.01. The molecular weight excluding hydrogens is 258 g/mol. The minimum atomic E-state index is -0.344. The summed E-state index contributed by atoms with van der Waals surface area (Å²) in [7, 11) is 0. The molecule has 20 heavy (non-hydrogen) atoms. The van der Waals surface area contributed by atoms with Crippen LogP contribution in [0.3, 0.4) is 0 Å². The van der Waals surface area contributed by atoms with Crippen molar-refractivity contribution in [1.82, 2.24) is 4.90 Å². The van der Waals surface area contributed by atoms with Crippen LogP contribution in [0.2, 0.25) is 0 Å². The van der Waals surface area contributed by atoms with Crippen molar-refractivity contribution < 1.29 is 19.1 Å². The zero-order valence-corrected chi connectivity index (χ0v) is 13.2. The molecule has 5 nitrogen and oxygen atoms in total. The normalized spacial score (nSPS) is 10.6. The van der Waals surface area contributed by atoms with Crippen LogP contribution in [0.25, 0.3) is 0 Å². The van der Waals surface area contributed by atoms with Crippen LogP contribution >= 0.6 is 0 Å². The fourth-order valence-corrected chi connectivity index (χ4v) is 1.85. The molecule has 0 aromatic rings. The standard InChI is InChI=1S/C15H29NO4/c1-4-16(5-2)12-8-7-9-13-20-15(18)11-10-14(17)19-6-3/h4-13H2,1-3H3. The van der Waals surface area contributed by atoms with Crippen molar-refractivity contribution in [3.8, 4) is 0 Å². The summed E-state index contributed by atoms with van der Waals surface area (Å²) in [5.41, 5.74) is 0. The van der Waals surface area contributed by atoms with Crippen molar-refractivity contribution in [1.29, 1.82) is 0 Å². The summed E-state index contributed by atoms with van der Waals surface area (Å²) in [6, 6.07) is 0. The lowest BCUT2D eigenvalue weighted by Gasteiger charge is -2.17. The molecule has 0 aliphatic heterocycles. The molecule has 0 aromatic carbocycles. The summed E-state index contributed by atoms with van der Waals surface area (Å²) in [5.74, 6) is -0.662. The first-order valence-corrected chi connectivity index (χ1v) is 7.67. The van der Waals surface area contributed by atoms with Crippen LogP contribution in [0.4, 0.5) is 0 Å². The van der Waals surface area contributed by atoms with Crippen LogP contribution in [-0.2, 0) is 19.1 Å². The van der Waals surface area contributed by atoms with Gasteiger partial charge >= 0.3 is 11.9 Å². The van der Waals surface area contributed by atoms with Gasteiger partial charge in [0.05, 0.1) is 26.1 Å². The minimum absolute atomic E-state index is 0.106. The summed E-state index contributed by atoms with van der Waals surface area (Å²) in [6.07, 6.45) is 3.28. The van der Waals surface area contributed by atoms with Gasteiger partial charge < -0.3 is 14.4 Å². The SMILES string of the molecule is CCOC(=O)CCC(=O)OCCCCCN(CC)CC. The lowest BCUT2D eigenvalue weighted by Crippen LogP contribution is -2.23. The van der Waals surface area contributed by atoms with Gasteiger partial charge in [0.25, 0.3) is 0 Å². The van der Waals surface area contributed by atoms with E-state index in [9.17, 15) is 9.59 Å². The Morgan fingerprint density at radius 1 is 0.850 bits per heavy atom. The van der Waals surface area contributed by atoms with Gasteiger partial charge in [0.2, 0.25) is 0 Å². The van der Waals surface area contributed by atoms with Crippen LogP contribution in [0, 0.1) is 0 Å². The van der Waals surface area contributed by atoms with E-state index in [0.29, 0.717) is 13.2 Å². The molecule has 0 amide bonds. The zero-order valence-electron chi connectivity index (χ0n) is 13.2. The van der Waals surface area contributed by atoms with Crippen molar-refractivity contribution in [3.05, 3.63) is 0 Å². The first-order valence-electron chi connectivity index (χ1n) is 7.67. The van der Waals surface area contributed by atoms with Gasteiger partial charge in [-0.1, -0.05) is 13.8 Å². The highest BCUT2D eigenvalue weighted by molar-refractivity contribution is 5.77. The molecule has 0 rings (SSSR count). The van der Waals surface area contributed by atoms with Crippen molar-refractivity contribution in [3.63, 3.8) is 0 Å². The number of carbonyl (C=O) groups excluding carboxylic acids is 2. The Balaban J connectivity index is 3.41. The lowest BCUT2D eigenvalue weighted by molar-refractivity contribution is -0.150. The first kappa shape index (κ1) is 18.9.